The van der Waals surface area contributed by atoms with Crippen molar-refractivity contribution in [3.63, 3.8) is 0 Å². The average Bonchev–Trinajstić information content (AvgIpc) is 3.02. The van der Waals surface area contributed by atoms with E-state index in [0.29, 0.717) is 22.7 Å². The quantitative estimate of drug-likeness (QED) is 0.383. The van der Waals surface area contributed by atoms with Crippen molar-refractivity contribution >= 4 is 29.1 Å². The number of benzene rings is 2. The van der Waals surface area contributed by atoms with Gasteiger partial charge < -0.3 is 14.9 Å². The van der Waals surface area contributed by atoms with Crippen LogP contribution in [0.15, 0.2) is 60.2 Å². The number of nitrogens with zero attached hydrogens (tertiary/aromatic N) is 2. The lowest BCUT2D eigenvalue weighted by molar-refractivity contribution is -0.140. The van der Waals surface area contributed by atoms with Crippen LogP contribution in [-0.4, -0.2) is 52.8 Å². The molecule has 1 atom stereocenters. The molecule has 0 aliphatic carbocycles. The number of rotatable bonds is 8. The van der Waals surface area contributed by atoms with Crippen LogP contribution in [-0.2, 0) is 9.59 Å². The first kappa shape index (κ1) is 22.1. The van der Waals surface area contributed by atoms with E-state index in [0.717, 1.165) is 26.1 Å². The van der Waals surface area contributed by atoms with Gasteiger partial charge in [0.25, 0.3) is 11.7 Å². The summed E-state index contributed by atoms with van der Waals surface area (Å²) >= 11 is 6.20. The Hall–Kier alpha value is -2.63. The molecule has 1 N–H and O–H groups in total. The topological polar surface area (TPSA) is 60.9 Å². The number of aliphatic hydroxyl groups is 1. The SMILES string of the molecule is CCN(CC)CCCN1C(=O)C(=O)C(=C(O)c2ccccc2)C1c1cccc(Cl)c1. The molecular weight excluding hydrogens is 400 g/mol. The molecule has 1 unspecified atom stereocenters. The fourth-order valence-electron chi connectivity index (χ4n) is 3.89. The summed E-state index contributed by atoms with van der Waals surface area (Å²) in [5.74, 6) is -1.41. The molecule has 0 spiro atoms. The molecule has 0 aromatic heterocycles. The number of carbonyl (C=O) groups is 2. The van der Waals surface area contributed by atoms with E-state index in [1.165, 1.54) is 0 Å². The minimum absolute atomic E-state index is 0.108. The summed E-state index contributed by atoms with van der Waals surface area (Å²) in [6.07, 6.45) is 0.733. The maximum absolute atomic E-state index is 13.0. The summed E-state index contributed by atoms with van der Waals surface area (Å²) in [5, 5.41) is 11.5. The molecule has 1 aliphatic heterocycles. The molecule has 1 saturated heterocycles. The van der Waals surface area contributed by atoms with Crippen molar-refractivity contribution in [2.75, 3.05) is 26.2 Å². The van der Waals surface area contributed by atoms with Gasteiger partial charge in [0.2, 0.25) is 0 Å². The van der Waals surface area contributed by atoms with E-state index in [1.807, 2.05) is 12.1 Å². The van der Waals surface area contributed by atoms with Crippen LogP contribution in [0.2, 0.25) is 5.02 Å². The zero-order chi connectivity index (χ0) is 21.7. The van der Waals surface area contributed by atoms with E-state index in [2.05, 4.69) is 18.7 Å². The number of likely N-dealkylation sites (tertiary alicyclic amines) is 1. The third-order valence-corrected chi connectivity index (χ3v) is 5.75. The smallest absolute Gasteiger partial charge is 0.295 e. The Kier molecular flexibility index (Phi) is 7.29. The predicted octanol–water partition coefficient (Wildman–Crippen LogP) is 4.49. The van der Waals surface area contributed by atoms with Gasteiger partial charge in [0, 0.05) is 17.1 Å². The van der Waals surface area contributed by atoms with Crippen LogP contribution in [0.5, 0.6) is 0 Å². The van der Waals surface area contributed by atoms with Gasteiger partial charge in [-0.3, -0.25) is 9.59 Å². The fourth-order valence-corrected chi connectivity index (χ4v) is 4.09. The van der Waals surface area contributed by atoms with E-state index < -0.39 is 17.7 Å². The first-order valence-corrected chi connectivity index (χ1v) is 10.7. The number of hydrogen-bond donors (Lipinski definition) is 1. The van der Waals surface area contributed by atoms with Crippen molar-refractivity contribution in [1.29, 1.82) is 0 Å². The van der Waals surface area contributed by atoms with E-state index in [9.17, 15) is 14.7 Å². The van der Waals surface area contributed by atoms with Gasteiger partial charge in [-0.15, -0.1) is 0 Å². The molecule has 3 rings (SSSR count). The van der Waals surface area contributed by atoms with E-state index >= 15 is 0 Å². The minimum Gasteiger partial charge on any atom is -0.507 e. The summed E-state index contributed by atoms with van der Waals surface area (Å²) in [6, 6.07) is 15.3. The van der Waals surface area contributed by atoms with Crippen molar-refractivity contribution in [3.8, 4) is 0 Å². The zero-order valence-corrected chi connectivity index (χ0v) is 18.1. The van der Waals surface area contributed by atoms with Gasteiger partial charge in [-0.2, -0.15) is 0 Å². The lowest BCUT2D eigenvalue weighted by Gasteiger charge is -2.27. The summed E-state index contributed by atoms with van der Waals surface area (Å²) in [5.41, 5.74) is 1.32. The van der Waals surface area contributed by atoms with E-state index in [1.54, 1.807) is 47.4 Å². The van der Waals surface area contributed by atoms with Crippen molar-refractivity contribution in [2.24, 2.45) is 0 Å². The molecule has 158 valence electrons. The van der Waals surface area contributed by atoms with Crippen molar-refractivity contribution in [2.45, 2.75) is 26.3 Å². The van der Waals surface area contributed by atoms with E-state index in [4.69, 9.17) is 11.6 Å². The van der Waals surface area contributed by atoms with E-state index in [-0.39, 0.29) is 11.3 Å². The normalized spacial score (nSPS) is 18.4. The average molecular weight is 427 g/mol. The number of Topliss-reactive ketones (excluding diaryl/α,β-unsaturated/α-hetero) is 1. The largest absolute Gasteiger partial charge is 0.507 e. The molecule has 0 saturated carbocycles. The fraction of sp³-hybridized carbons (Fsp3) is 0.333. The van der Waals surface area contributed by atoms with Crippen LogP contribution < -0.4 is 0 Å². The Morgan fingerprint density at radius 1 is 1.07 bits per heavy atom. The molecule has 0 bridgehead atoms. The highest BCUT2D eigenvalue weighted by atomic mass is 35.5. The van der Waals surface area contributed by atoms with Gasteiger partial charge in [0.15, 0.2) is 0 Å². The molecular formula is C24H27ClN2O3. The maximum Gasteiger partial charge on any atom is 0.295 e. The Morgan fingerprint density at radius 3 is 2.40 bits per heavy atom. The number of amides is 1. The van der Waals surface area contributed by atoms with Crippen LogP contribution in [0.25, 0.3) is 5.76 Å². The van der Waals surface area contributed by atoms with Crippen molar-refractivity contribution in [1.82, 2.24) is 9.80 Å². The second-order valence-corrected chi connectivity index (χ2v) is 7.73. The summed E-state index contributed by atoms with van der Waals surface area (Å²) in [7, 11) is 0. The Morgan fingerprint density at radius 2 is 1.77 bits per heavy atom. The number of aliphatic hydroxyl groups excluding tert-OH is 1. The molecule has 1 heterocycles. The summed E-state index contributed by atoms with van der Waals surface area (Å²) in [6.45, 7) is 7.31. The van der Waals surface area contributed by atoms with Crippen LogP contribution in [0, 0.1) is 0 Å². The molecule has 5 nitrogen and oxygen atoms in total. The Balaban J connectivity index is 2.01. The van der Waals surface area contributed by atoms with Crippen LogP contribution in [0.4, 0.5) is 0 Å². The molecule has 30 heavy (non-hydrogen) atoms. The molecule has 2 aromatic carbocycles. The number of hydrogen-bond acceptors (Lipinski definition) is 4. The highest BCUT2D eigenvalue weighted by Crippen LogP contribution is 2.40. The van der Waals surface area contributed by atoms with Gasteiger partial charge in [-0.05, 0) is 43.8 Å². The van der Waals surface area contributed by atoms with Gasteiger partial charge >= 0.3 is 0 Å². The highest BCUT2D eigenvalue weighted by Gasteiger charge is 2.45. The van der Waals surface area contributed by atoms with Crippen LogP contribution >= 0.6 is 11.6 Å². The standard InChI is InChI=1S/C24H27ClN2O3/c1-3-26(4-2)14-9-15-27-21(18-12-8-13-19(25)16-18)20(23(29)24(27)30)22(28)17-10-6-5-7-11-17/h5-8,10-13,16,21,28H,3-4,9,14-15H2,1-2H3. The van der Waals surface area contributed by atoms with Gasteiger partial charge in [-0.25, -0.2) is 0 Å². The monoisotopic (exact) mass is 426 g/mol. The van der Waals surface area contributed by atoms with Gasteiger partial charge in [0.05, 0.1) is 11.6 Å². The van der Waals surface area contributed by atoms with Crippen molar-refractivity contribution < 1.29 is 14.7 Å². The summed E-state index contributed by atoms with van der Waals surface area (Å²) in [4.78, 5) is 29.7. The maximum atomic E-state index is 13.0. The minimum atomic E-state index is -0.666. The number of halogens is 1. The molecule has 1 fully saturated rings. The first-order chi connectivity index (χ1) is 14.5. The third kappa shape index (κ3) is 4.58. The lowest BCUT2D eigenvalue weighted by Crippen LogP contribution is -2.33. The van der Waals surface area contributed by atoms with Crippen LogP contribution in [0.1, 0.15) is 37.4 Å². The highest BCUT2D eigenvalue weighted by molar-refractivity contribution is 6.46. The number of ketones is 1. The number of carbonyl (C=O) groups excluding carboxylic acids is 2. The molecule has 6 heteroatoms. The second kappa shape index (κ2) is 9.92. The zero-order valence-electron chi connectivity index (χ0n) is 17.3. The third-order valence-electron chi connectivity index (χ3n) is 5.52. The van der Waals surface area contributed by atoms with Gasteiger partial charge in [0.1, 0.15) is 5.76 Å². The predicted molar refractivity (Wildman–Crippen MR) is 119 cm³/mol. The molecule has 1 amide bonds. The molecule has 2 aromatic rings. The second-order valence-electron chi connectivity index (χ2n) is 7.29. The van der Waals surface area contributed by atoms with Crippen LogP contribution in [0.3, 0.4) is 0 Å². The Bertz CT molecular complexity index is 938. The summed E-state index contributed by atoms with van der Waals surface area (Å²) < 4.78 is 0. The van der Waals surface area contributed by atoms with Crippen molar-refractivity contribution in [3.05, 3.63) is 76.3 Å². The Labute approximate surface area is 182 Å². The lowest BCUT2D eigenvalue weighted by atomic mass is 9.95. The first-order valence-electron chi connectivity index (χ1n) is 10.3. The molecule has 0 radical (unpaired) electrons. The molecule has 1 aliphatic rings. The van der Waals surface area contributed by atoms with Gasteiger partial charge in [-0.1, -0.05) is 67.9 Å².